The molecule has 1 fully saturated rings. The number of ether oxygens (including phenoxy) is 1. The summed E-state index contributed by atoms with van der Waals surface area (Å²) in [6.45, 7) is 3.24. The van der Waals surface area contributed by atoms with E-state index in [1.165, 1.54) is 77.0 Å². The Balaban J connectivity index is 2.10. The number of hydrogen-bond donors (Lipinski definition) is 1. The first-order chi connectivity index (χ1) is 9.38. The van der Waals surface area contributed by atoms with E-state index in [9.17, 15) is 0 Å². The predicted octanol–water partition coefficient (Wildman–Crippen LogP) is 4.67. The second kappa shape index (κ2) is 11.7. The number of nitrogens with one attached hydrogen (secondary N) is 1. The Bertz CT molecular complexity index is 196. The van der Waals surface area contributed by atoms with E-state index in [4.69, 9.17) is 4.74 Å². The lowest BCUT2D eigenvalue weighted by molar-refractivity contribution is 0.0133. The minimum absolute atomic E-state index is 0.459. The van der Waals surface area contributed by atoms with Gasteiger partial charge in [0, 0.05) is 12.6 Å². The zero-order valence-electron chi connectivity index (χ0n) is 13.3. The summed E-state index contributed by atoms with van der Waals surface area (Å²) in [6, 6.07) is 0.584. The predicted molar refractivity (Wildman–Crippen MR) is 83.7 cm³/mol. The van der Waals surface area contributed by atoms with Crippen LogP contribution in [-0.2, 0) is 4.74 Å². The van der Waals surface area contributed by atoms with E-state index in [1.807, 2.05) is 0 Å². The molecular formula is C17H35NO. The van der Waals surface area contributed by atoms with E-state index in [-0.39, 0.29) is 0 Å². The van der Waals surface area contributed by atoms with Gasteiger partial charge in [-0.3, -0.25) is 0 Å². The normalized spacial score (nSPS) is 24.9. The standard InChI is InChI=1S/C17H35NO/c1-3-4-5-6-9-12-15-19-17-14-11-8-7-10-13-16(17)18-2/h16-18H,3-15H2,1-2H3. The van der Waals surface area contributed by atoms with Crippen LogP contribution in [0.1, 0.15) is 84.0 Å². The minimum Gasteiger partial charge on any atom is -0.377 e. The van der Waals surface area contributed by atoms with Crippen LogP contribution in [0.15, 0.2) is 0 Å². The van der Waals surface area contributed by atoms with Gasteiger partial charge in [0.05, 0.1) is 6.10 Å². The highest BCUT2D eigenvalue weighted by atomic mass is 16.5. The maximum atomic E-state index is 6.17. The molecule has 0 amide bonds. The third kappa shape index (κ3) is 7.94. The molecule has 1 aliphatic rings. The van der Waals surface area contributed by atoms with Crippen LogP contribution in [0.4, 0.5) is 0 Å². The lowest BCUT2D eigenvalue weighted by atomic mass is 9.94. The molecule has 19 heavy (non-hydrogen) atoms. The Morgan fingerprint density at radius 1 is 0.895 bits per heavy atom. The van der Waals surface area contributed by atoms with E-state index < -0.39 is 0 Å². The molecule has 1 N–H and O–H groups in total. The molecular weight excluding hydrogens is 234 g/mol. The van der Waals surface area contributed by atoms with E-state index in [0.717, 1.165) is 6.61 Å². The SMILES string of the molecule is CCCCCCCCOC1CCCCCCC1NC. The van der Waals surface area contributed by atoms with Gasteiger partial charge in [-0.2, -0.15) is 0 Å². The molecule has 0 spiro atoms. The monoisotopic (exact) mass is 269 g/mol. The molecule has 0 aromatic heterocycles. The van der Waals surface area contributed by atoms with Gasteiger partial charge in [-0.05, 0) is 26.3 Å². The van der Waals surface area contributed by atoms with Crippen molar-refractivity contribution in [1.82, 2.24) is 5.32 Å². The van der Waals surface area contributed by atoms with Crippen molar-refractivity contribution in [3.63, 3.8) is 0 Å². The topological polar surface area (TPSA) is 21.3 Å². The van der Waals surface area contributed by atoms with Crippen LogP contribution in [0.25, 0.3) is 0 Å². The smallest absolute Gasteiger partial charge is 0.0727 e. The van der Waals surface area contributed by atoms with Gasteiger partial charge in [-0.1, -0.05) is 64.7 Å². The molecule has 0 aromatic carbocycles. The Hall–Kier alpha value is -0.0800. The van der Waals surface area contributed by atoms with E-state index >= 15 is 0 Å². The van der Waals surface area contributed by atoms with Crippen molar-refractivity contribution in [2.24, 2.45) is 0 Å². The zero-order valence-corrected chi connectivity index (χ0v) is 13.3. The average Bonchev–Trinajstić information content (AvgIpc) is 2.40. The number of rotatable bonds is 9. The highest BCUT2D eigenvalue weighted by Crippen LogP contribution is 2.20. The fraction of sp³-hybridized carbons (Fsp3) is 1.00. The second-order valence-corrected chi connectivity index (χ2v) is 6.06. The Morgan fingerprint density at radius 3 is 2.32 bits per heavy atom. The molecule has 2 unspecified atom stereocenters. The highest BCUT2D eigenvalue weighted by Gasteiger charge is 2.21. The van der Waals surface area contributed by atoms with Crippen molar-refractivity contribution in [3.05, 3.63) is 0 Å². The van der Waals surface area contributed by atoms with Crippen molar-refractivity contribution in [3.8, 4) is 0 Å². The molecule has 0 radical (unpaired) electrons. The van der Waals surface area contributed by atoms with Crippen molar-refractivity contribution < 1.29 is 4.74 Å². The maximum absolute atomic E-state index is 6.17. The largest absolute Gasteiger partial charge is 0.377 e. The summed E-state index contributed by atoms with van der Waals surface area (Å²) in [5, 5.41) is 3.47. The summed E-state index contributed by atoms with van der Waals surface area (Å²) < 4.78 is 6.17. The van der Waals surface area contributed by atoms with Crippen LogP contribution >= 0.6 is 0 Å². The lowest BCUT2D eigenvalue weighted by Gasteiger charge is -2.29. The molecule has 0 saturated heterocycles. The van der Waals surface area contributed by atoms with Crippen LogP contribution in [0.5, 0.6) is 0 Å². The van der Waals surface area contributed by atoms with Gasteiger partial charge >= 0.3 is 0 Å². The molecule has 114 valence electrons. The van der Waals surface area contributed by atoms with Crippen LogP contribution in [0.2, 0.25) is 0 Å². The molecule has 2 atom stereocenters. The van der Waals surface area contributed by atoms with Gasteiger partial charge in [0.1, 0.15) is 0 Å². The van der Waals surface area contributed by atoms with Crippen LogP contribution in [-0.4, -0.2) is 25.8 Å². The minimum atomic E-state index is 0.459. The molecule has 2 heteroatoms. The molecule has 0 bridgehead atoms. The van der Waals surface area contributed by atoms with Gasteiger partial charge in [-0.25, -0.2) is 0 Å². The van der Waals surface area contributed by atoms with E-state index in [2.05, 4.69) is 19.3 Å². The molecule has 0 heterocycles. The molecule has 1 saturated carbocycles. The van der Waals surface area contributed by atoms with Gasteiger partial charge in [-0.15, -0.1) is 0 Å². The van der Waals surface area contributed by atoms with Gasteiger partial charge in [0.25, 0.3) is 0 Å². The second-order valence-electron chi connectivity index (χ2n) is 6.06. The molecule has 1 rings (SSSR count). The number of unbranched alkanes of at least 4 members (excludes halogenated alkanes) is 5. The summed E-state index contributed by atoms with van der Waals surface area (Å²) in [5.41, 5.74) is 0. The number of likely N-dealkylation sites (N-methyl/N-ethyl adjacent to an activating group) is 1. The fourth-order valence-corrected chi connectivity index (χ4v) is 3.10. The highest BCUT2D eigenvalue weighted by molar-refractivity contribution is 4.78. The maximum Gasteiger partial charge on any atom is 0.0727 e. The Kier molecular flexibility index (Phi) is 10.5. The lowest BCUT2D eigenvalue weighted by Crippen LogP contribution is -2.40. The van der Waals surface area contributed by atoms with Gasteiger partial charge < -0.3 is 10.1 Å². The summed E-state index contributed by atoms with van der Waals surface area (Å²) >= 11 is 0. The first kappa shape index (κ1) is 17.0. The van der Waals surface area contributed by atoms with Crippen molar-refractivity contribution in [2.75, 3.05) is 13.7 Å². The molecule has 0 aliphatic heterocycles. The fourth-order valence-electron chi connectivity index (χ4n) is 3.10. The quantitative estimate of drug-likeness (QED) is 0.614. The van der Waals surface area contributed by atoms with Crippen LogP contribution in [0, 0.1) is 0 Å². The first-order valence-electron chi connectivity index (χ1n) is 8.67. The van der Waals surface area contributed by atoms with Gasteiger partial charge in [0.15, 0.2) is 0 Å². The third-order valence-corrected chi connectivity index (χ3v) is 4.40. The summed E-state index contributed by atoms with van der Waals surface area (Å²) in [7, 11) is 2.09. The Morgan fingerprint density at radius 2 is 1.58 bits per heavy atom. The van der Waals surface area contributed by atoms with Crippen LogP contribution in [0.3, 0.4) is 0 Å². The molecule has 1 aliphatic carbocycles. The summed E-state index contributed by atoms with van der Waals surface area (Å²) in [5.74, 6) is 0. The zero-order chi connectivity index (χ0) is 13.8. The van der Waals surface area contributed by atoms with Crippen LogP contribution < -0.4 is 5.32 Å². The van der Waals surface area contributed by atoms with Crippen molar-refractivity contribution >= 4 is 0 Å². The van der Waals surface area contributed by atoms with Crippen molar-refractivity contribution in [2.45, 2.75) is 96.1 Å². The molecule has 2 nitrogen and oxygen atoms in total. The summed E-state index contributed by atoms with van der Waals surface area (Å²) in [4.78, 5) is 0. The van der Waals surface area contributed by atoms with E-state index in [1.54, 1.807) is 0 Å². The van der Waals surface area contributed by atoms with Gasteiger partial charge in [0.2, 0.25) is 0 Å². The number of hydrogen-bond acceptors (Lipinski definition) is 2. The third-order valence-electron chi connectivity index (χ3n) is 4.40. The Labute approximate surface area is 120 Å². The van der Waals surface area contributed by atoms with E-state index in [0.29, 0.717) is 12.1 Å². The molecule has 0 aromatic rings. The average molecular weight is 269 g/mol. The summed E-state index contributed by atoms with van der Waals surface area (Å²) in [6.07, 6.45) is 16.6. The first-order valence-corrected chi connectivity index (χ1v) is 8.67. The van der Waals surface area contributed by atoms with Crippen molar-refractivity contribution in [1.29, 1.82) is 0 Å².